The molecule has 1 N–H and O–H groups in total. The van der Waals surface area contributed by atoms with Gasteiger partial charge in [0.15, 0.2) is 0 Å². The molecule has 0 saturated carbocycles. The van der Waals surface area contributed by atoms with Gasteiger partial charge in [0.05, 0.1) is 10.9 Å². The van der Waals surface area contributed by atoms with Crippen LogP contribution < -0.4 is 5.32 Å². The highest BCUT2D eigenvalue weighted by atomic mass is 32.2. The van der Waals surface area contributed by atoms with Crippen molar-refractivity contribution in [2.24, 2.45) is 0 Å². The van der Waals surface area contributed by atoms with E-state index < -0.39 is 10.0 Å². The summed E-state index contributed by atoms with van der Waals surface area (Å²) in [5, 5.41) is 6.72. The third-order valence-electron chi connectivity index (χ3n) is 4.40. The smallest absolute Gasteiger partial charge is 0.243 e. The molecular formula is C18H23N3O4S. The molecule has 0 bridgehead atoms. The van der Waals surface area contributed by atoms with Crippen molar-refractivity contribution in [2.75, 3.05) is 11.9 Å². The number of nitrogens with one attached hydrogen (secondary N) is 1. The molecule has 1 aromatic heterocycles. The average Bonchev–Trinajstić information content (AvgIpc) is 3.24. The number of hydrogen-bond acceptors (Lipinski definition) is 5. The molecule has 1 aromatic carbocycles. The normalized spacial score (nSPS) is 18.2. The van der Waals surface area contributed by atoms with Crippen LogP contribution in [0.4, 0.5) is 5.69 Å². The molecule has 2 aromatic rings. The highest BCUT2D eigenvalue weighted by Crippen LogP contribution is 2.36. The third kappa shape index (κ3) is 3.81. The fraction of sp³-hybridized carbons (Fsp3) is 0.444. The summed E-state index contributed by atoms with van der Waals surface area (Å²) >= 11 is 0. The molecule has 140 valence electrons. The van der Waals surface area contributed by atoms with E-state index in [2.05, 4.69) is 17.4 Å². The van der Waals surface area contributed by atoms with Crippen molar-refractivity contribution in [1.82, 2.24) is 9.46 Å². The fourth-order valence-corrected chi connectivity index (χ4v) is 4.89. The standard InChI is InChI=1S/C18H23N3O4S/c1-3-5-15-12-17(20-25-15)18-6-4-11-21(18)26(23,24)16-9-7-14(8-10-16)19-13(2)22/h7-10,12,18H,3-6,11H2,1-2H3,(H,19,22)/t18-/m1/s1. The number of amides is 1. The molecule has 0 spiro atoms. The zero-order chi connectivity index (χ0) is 18.7. The molecule has 26 heavy (non-hydrogen) atoms. The van der Waals surface area contributed by atoms with Crippen molar-refractivity contribution in [2.45, 2.75) is 50.5 Å². The summed E-state index contributed by atoms with van der Waals surface area (Å²) in [5.74, 6) is 0.584. The van der Waals surface area contributed by atoms with E-state index in [4.69, 9.17) is 4.52 Å². The minimum Gasteiger partial charge on any atom is -0.361 e. The Kier molecular flexibility index (Phi) is 5.43. The number of aromatic nitrogens is 1. The Morgan fingerprint density at radius 1 is 1.35 bits per heavy atom. The molecule has 1 fully saturated rings. The highest BCUT2D eigenvalue weighted by Gasteiger charge is 2.37. The molecule has 2 heterocycles. The van der Waals surface area contributed by atoms with Crippen LogP contribution in [0.5, 0.6) is 0 Å². The summed E-state index contributed by atoms with van der Waals surface area (Å²) in [7, 11) is -3.65. The van der Waals surface area contributed by atoms with Gasteiger partial charge in [-0.3, -0.25) is 4.79 Å². The fourth-order valence-electron chi connectivity index (χ4n) is 3.22. The van der Waals surface area contributed by atoms with Crippen molar-refractivity contribution in [1.29, 1.82) is 0 Å². The van der Waals surface area contributed by atoms with Gasteiger partial charge in [-0.2, -0.15) is 4.31 Å². The first-order valence-electron chi connectivity index (χ1n) is 8.77. The molecule has 3 rings (SSSR count). The summed E-state index contributed by atoms with van der Waals surface area (Å²) in [6.07, 6.45) is 3.24. The van der Waals surface area contributed by atoms with E-state index in [1.807, 2.05) is 6.07 Å². The molecule has 8 heteroatoms. The lowest BCUT2D eigenvalue weighted by Crippen LogP contribution is -2.30. The molecule has 0 unspecified atom stereocenters. The monoisotopic (exact) mass is 377 g/mol. The largest absolute Gasteiger partial charge is 0.361 e. The second-order valence-corrected chi connectivity index (χ2v) is 8.34. The number of hydrogen-bond donors (Lipinski definition) is 1. The predicted octanol–water partition coefficient (Wildman–Crippen LogP) is 3.11. The molecule has 7 nitrogen and oxygen atoms in total. The van der Waals surface area contributed by atoms with Gasteiger partial charge in [-0.1, -0.05) is 12.1 Å². The van der Waals surface area contributed by atoms with Crippen molar-refractivity contribution in [3.63, 3.8) is 0 Å². The van der Waals surface area contributed by atoms with Gasteiger partial charge in [-0.15, -0.1) is 0 Å². The minimum atomic E-state index is -3.65. The predicted molar refractivity (Wildman–Crippen MR) is 97.1 cm³/mol. The Morgan fingerprint density at radius 2 is 2.08 bits per heavy atom. The maximum absolute atomic E-state index is 13.1. The Balaban J connectivity index is 1.83. The second-order valence-electron chi connectivity index (χ2n) is 6.45. The zero-order valence-electron chi connectivity index (χ0n) is 14.9. The van der Waals surface area contributed by atoms with Crippen LogP contribution in [-0.2, 0) is 21.2 Å². The van der Waals surface area contributed by atoms with Crippen LogP contribution in [0.25, 0.3) is 0 Å². The maximum Gasteiger partial charge on any atom is 0.243 e. The van der Waals surface area contributed by atoms with Crippen LogP contribution in [0.2, 0.25) is 0 Å². The van der Waals surface area contributed by atoms with Gasteiger partial charge in [-0.05, 0) is 43.5 Å². The summed E-state index contributed by atoms with van der Waals surface area (Å²) in [6.45, 7) is 3.92. The van der Waals surface area contributed by atoms with E-state index in [-0.39, 0.29) is 16.8 Å². The van der Waals surface area contributed by atoms with Gasteiger partial charge in [-0.25, -0.2) is 8.42 Å². The molecule has 1 saturated heterocycles. The van der Waals surface area contributed by atoms with Crippen LogP contribution in [0, 0.1) is 0 Å². The molecule has 1 aliphatic rings. The van der Waals surface area contributed by atoms with Gasteiger partial charge < -0.3 is 9.84 Å². The van der Waals surface area contributed by atoms with Gasteiger partial charge in [0.1, 0.15) is 11.5 Å². The van der Waals surface area contributed by atoms with Crippen molar-refractivity contribution in [3.05, 3.63) is 41.8 Å². The first-order chi connectivity index (χ1) is 12.4. The van der Waals surface area contributed by atoms with Crippen LogP contribution in [0.3, 0.4) is 0 Å². The lowest BCUT2D eigenvalue weighted by atomic mass is 10.1. The van der Waals surface area contributed by atoms with Gasteiger partial charge in [0, 0.05) is 31.6 Å². The van der Waals surface area contributed by atoms with Crippen LogP contribution >= 0.6 is 0 Å². The molecule has 0 radical (unpaired) electrons. The Morgan fingerprint density at radius 3 is 2.73 bits per heavy atom. The SMILES string of the molecule is CCCc1cc([C@H]2CCCN2S(=O)(=O)c2ccc(NC(C)=O)cc2)no1. The first-order valence-corrected chi connectivity index (χ1v) is 10.2. The Hall–Kier alpha value is -2.19. The number of nitrogens with zero attached hydrogens (tertiary/aromatic N) is 2. The van der Waals surface area contributed by atoms with Gasteiger partial charge in [0.25, 0.3) is 0 Å². The minimum absolute atomic E-state index is 0.200. The van der Waals surface area contributed by atoms with Gasteiger partial charge in [0.2, 0.25) is 15.9 Å². The number of carbonyl (C=O) groups is 1. The molecule has 1 amide bonds. The molecule has 0 aliphatic carbocycles. The van der Waals surface area contributed by atoms with E-state index in [0.29, 0.717) is 17.9 Å². The van der Waals surface area contributed by atoms with E-state index in [1.165, 1.54) is 23.4 Å². The van der Waals surface area contributed by atoms with E-state index in [1.54, 1.807) is 12.1 Å². The summed E-state index contributed by atoms with van der Waals surface area (Å²) in [6, 6.07) is 7.78. The topological polar surface area (TPSA) is 92.5 Å². The first kappa shape index (κ1) is 18.6. The molecule has 1 aliphatic heterocycles. The van der Waals surface area contributed by atoms with Gasteiger partial charge >= 0.3 is 0 Å². The van der Waals surface area contributed by atoms with Crippen LogP contribution in [0.1, 0.15) is 50.6 Å². The zero-order valence-corrected chi connectivity index (χ0v) is 15.8. The third-order valence-corrected chi connectivity index (χ3v) is 6.32. The lowest BCUT2D eigenvalue weighted by Gasteiger charge is -2.22. The quantitative estimate of drug-likeness (QED) is 0.835. The van der Waals surface area contributed by atoms with Crippen LogP contribution in [-0.4, -0.2) is 30.3 Å². The van der Waals surface area contributed by atoms with E-state index >= 15 is 0 Å². The Bertz CT molecular complexity index is 874. The molecular weight excluding hydrogens is 354 g/mol. The summed E-state index contributed by atoms with van der Waals surface area (Å²) in [4.78, 5) is 11.3. The summed E-state index contributed by atoms with van der Waals surface area (Å²) < 4.78 is 32.9. The Labute approximate surface area is 153 Å². The number of carbonyl (C=O) groups excluding carboxylic acids is 1. The number of benzene rings is 1. The number of aryl methyl sites for hydroxylation is 1. The van der Waals surface area contributed by atoms with Crippen molar-refractivity contribution >= 4 is 21.6 Å². The van der Waals surface area contributed by atoms with Crippen LogP contribution in [0.15, 0.2) is 39.8 Å². The number of rotatable bonds is 6. The van der Waals surface area contributed by atoms with Crippen molar-refractivity contribution < 1.29 is 17.7 Å². The average molecular weight is 377 g/mol. The maximum atomic E-state index is 13.1. The highest BCUT2D eigenvalue weighted by molar-refractivity contribution is 7.89. The molecule has 1 atom stereocenters. The lowest BCUT2D eigenvalue weighted by molar-refractivity contribution is -0.114. The number of anilines is 1. The summed E-state index contributed by atoms with van der Waals surface area (Å²) in [5.41, 5.74) is 1.24. The van der Waals surface area contributed by atoms with E-state index in [9.17, 15) is 13.2 Å². The second kappa shape index (κ2) is 7.59. The van der Waals surface area contributed by atoms with E-state index in [0.717, 1.165) is 31.4 Å². The van der Waals surface area contributed by atoms with Crippen molar-refractivity contribution in [3.8, 4) is 0 Å². The number of sulfonamides is 1.